The Morgan fingerprint density at radius 3 is 1.83 bits per heavy atom. The van der Waals surface area contributed by atoms with Crippen LogP contribution in [0.5, 0.6) is 0 Å². The topological polar surface area (TPSA) is 190 Å². The van der Waals surface area contributed by atoms with Gasteiger partial charge in [-0.2, -0.15) is 0 Å². The predicted octanol–water partition coefficient (Wildman–Crippen LogP) is -5.40. The molecule has 10 atom stereocenters. The van der Waals surface area contributed by atoms with Gasteiger partial charge in [0.15, 0.2) is 12.6 Å². The van der Waals surface area contributed by atoms with Crippen LogP contribution in [-0.2, 0) is 14.2 Å². The molecule has 0 spiro atoms. The summed E-state index contributed by atoms with van der Waals surface area (Å²) in [7, 11) is 0. The monoisotopic (exact) mass is 342 g/mol. The van der Waals surface area contributed by atoms with Gasteiger partial charge < -0.3 is 55.1 Å². The Balaban J connectivity index is 1.94. The Morgan fingerprint density at radius 2 is 1.22 bits per heavy atom. The lowest BCUT2D eigenvalue weighted by Crippen LogP contribution is -2.61. The molecule has 23 heavy (non-hydrogen) atoms. The minimum atomic E-state index is -1.74. The third-order valence-electron chi connectivity index (χ3n) is 3.96. The first kappa shape index (κ1) is 18.9. The van der Waals surface area contributed by atoms with Crippen molar-refractivity contribution in [2.75, 3.05) is 13.2 Å². The van der Waals surface area contributed by atoms with Crippen LogP contribution < -0.4 is 0 Å². The molecule has 0 aromatic rings. The standard InChI is InChI=1S/C12H22O11/c13-1-3-5(14)8(17)10(19)12(23-3)21-2-4-6(15)7(16)9(18)11(20)22-4/h3-20H,1-2H2/t3-,4-,5+,6-,7+,8+,9+,10-,11?,12+/m1/s1. The minimum Gasteiger partial charge on any atom is -0.394 e. The van der Waals surface area contributed by atoms with Gasteiger partial charge in [0.25, 0.3) is 0 Å². The lowest BCUT2D eigenvalue weighted by atomic mass is 9.98. The van der Waals surface area contributed by atoms with Gasteiger partial charge in [-0.15, -0.1) is 0 Å². The first-order chi connectivity index (χ1) is 10.8. The normalized spacial score (nSPS) is 51.7. The molecular weight excluding hydrogens is 320 g/mol. The number of hydrogen-bond acceptors (Lipinski definition) is 11. The van der Waals surface area contributed by atoms with Crippen LogP contribution >= 0.6 is 0 Å². The molecule has 2 saturated heterocycles. The van der Waals surface area contributed by atoms with Crippen molar-refractivity contribution in [3.05, 3.63) is 0 Å². The highest BCUT2D eigenvalue weighted by molar-refractivity contribution is 4.91. The number of aliphatic hydroxyl groups excluding tert-OH is 8. The zero-order chi connectivity index (χ0) is 17.3. The van der Waals surface area contributed by atoms with Gasteiger partial charge in [0.05, 0.1) is 13.2 Å². The van der Waals surface area contributed by atoms with Gasteiger partial charge in [0.2, 0.25) is 0 Å². The van der Waals surface area contributed by atoms with E-state index in [2.05, 4.69) is 0 Å². The molecule has 2 aliphatic heterocycles. The highest BCUT2D eigenvalue weighted by atomic mass is 16.7. The fourth-order valence-corrected chi connectivity index (χ4v) is 2.46. The van der Waals surface area contributed by atoms with E-state index >= 15 is 0 Å². The van der Waals surface area contributed by atoms with Crippen LogP contribution in [0.15, 0.2) is 0 Å². The third-order valence-corrected chi connectivity index (χ3v) is 3.96. The largest absolute Gasteiger partial charge is 0.394 e. The van der Waals surface area contributed by atoms with E-state index in [4.69, 9.17) is 19.3 Å². The average Bonchev–Trinajstić information content (AvgIpc) is 2.54. The van der Waals surface area contributed by atoms with Crippen LogP contribution in [0, 0.1) is 0 Å². The van der Waals surface area contributed by atoms with Crippen LogP contribution in [0.3, 0.4) is 0 Å². The van der Waals surface area contributed by atoms with E-state index < -0.39 is 74.6 Å². The number of hydrogen-bond donors (Lipinski definition) is 8. The van der Waals surface area contributed by atoms with Crippen LogP contribution in [0.2, 0.25) is 0 Å². The Kier molecular flexibility index (Phi) is 6.27. The SMILES string of the molecule is OC[C@H]1O[C@H](OC[C@H]2OC(O)[C@@H](O)[C@@H](O)[C@@H]2O)[C@H](O)[C@@H](O)[C@H]1O. The molecule has 2 heterocycles. The van der Waals surface area contributed by atoms with Crippen molar-refractivity contribution in [1.29, 1.82) is 0 Å². The van der Waals surface area contributed by atoms with Gasteiger partial charge in [0, 0.05) is 0 Å². The zero-order valence-corrected chi connectivity index (χ0v) is 12.0. The molecule has 2 rings (SSSR count). The van der Waals surface area contributed by atoms with E-state index in [-0.39, 0.29) is 0 Å². The summed E-state index contributed by atoms with van der Waals surface area (Å²) < 4.78 is 15.1. The van der Waals surface area contributed by atoms with Crippen molar-refractivity contribution in [3.63, 3.8) is 0 Å². The van der Waals surface area contributed by atoms with Gasteiger partial charge in [-0.25, -0.2) is 0 Å². The minimum absolute atomic E-state index is 0.468. The molecule has 11 heteroatoms. The van der Waals surface area contributed by atoms with Crippen LogP contribution in [-0.4, -0.2) is 115 Å². The molecular formula is C12H22O11. The lowest BCUT2D eigenvalue weighted by Gasteiger charge is -2.41. The quantitative estimate of drug-likeness (QED) is 0.243. The predicted molar refractivity (Wildman–Crippen MR) is 68.6 cm³/mol. The Bertz CT molecular complexity index is 380. The maximum Gasteiger partial charge on any atom is 0.186 e. The van der Waals surface area contributed by atoms with E-state index in [0.717, 1.165) is 0 Å². The first-order valence-electron chi connectivity index (χ1n) is 7.07. The fraction of sp³-hybridized carbons (Fsp3) is 1.00. The Labute approximate surface area is 130 Å². The molecule has 2 fully saturated rings. The number of rotatable bonds is 4. The van der Waals surface area contributed by atoms with E-state index in [1.807, 2.05) is 0 Å². The molecule has 0 bridgehead atoms. The van der Waals surface area contributed by atoms with E-state index in [1.54, 1.807) is 0 Å². The average molecular weight is 342 g/mol. The van der Waals surface area contributed by atoms with Crippen LogP contribution in [0.25, 0.3) is 0 Å². The smallest absolute Gasteiger partial charge is 0.186 e. The highest BCUT2D eigenvalue weighted by Crippen LogP contribution is 2.24. The van der Waals surface area contributed by atoms with Gasteiger partial charge >= 0.3 is 0 Å². The molecule has 0 saturated carbocycles. The van der Waals surface area contributed by atoms with E-state index in [9.17, 15) is 35.7 Å². The van der Waals surface area contributed by atoms with Crippen molar-refractivity contribution < 1.29 is 55.1 Å². The third kappa shape index (κ3) is 3.81. The van der Waals surface area contributed by atoms with Crippen molar-refractivity contribution in [3.8, 4) is 0 Å². The van der Waals surface area contributed by atoms with Crippen molar-refractivity contribution >= 4 is 0 Å². The maximum absolute atomic E-state index is 9.78. The summed E-state index contributed by atoms with van der Waals surface area (Å²) in [6.45, 7) is -1.10. The zero-order valence-electron chi connectivity index (χ0n) is 12.0. The highest BCUT2D eigenvalue weighted by Gasteiger charge is 2.46. The second kappa shape index (κ2) is 7.63. The van der Waals surface area contributed by atoms with Crippen LogP contribution in [0.1, 0.15) is 0 Å². The molecule has 0 aromatic heterocycles. The maximum atomic E-state index is 9.78. The summed E-state index contributed by atoms with van der Waals surface area (Å²) in [5.74, 6) is 0. The summed E-state index contributed by atoms with van der Waals surface area (Å²) in [5.41, 5.74) is 0. The molecule has 2 aliphatic rings. The molecule has 0 radical (unpaired) electrons. The van der Waals surface area contributed by atoms with Gasteiger partial charge in [-0.05, 0) is 0 Å². The summed E-state index contributed by atoms with van der Waals surface area (Å²) in [5, 5.41) is 76.1. The Hall–Kier alpha value is -0.440. The van der Waals surface area contributed by atoms with E-state index in [0.29, 0.717) is 0 Å². The van der Waals surface area contributed by atoms with Gasteiger partial charge in [-0.3, -0.25) is 0 Å². The van der Waals surface area contributed by atoms with E-state index in [1.165, 1.54) is 0 Å². The number of ether oxygens (including phenoxy) is 3. The second-order valence-electron chi connectivity index (χ2n) is 5.57. The molecule has 0 aromatic carbocycles. The molecule has 1 unspecified atom stereocenters. The first-order valence-corrected chi connectivity index (χ1v) is 7.07. The molecule has 136 valence electrons. The molecule has 0 aliphatic carbocycles. The molecule has 8 N–H and O–H groups in total. The second-order valence-corrected chi connectivity index (χ2v) is 5.57. The molecule has 11 nitrogen and oxygen atoms in total. The van der Waals surface area contributed by atoms with Crippen molar-refractivity contribution in [2.24, 2.45) is 0 Å². The molecule has 0 amide bonds. The fourth-order valence-electron chi connectivity index (χ4n) is 2.46. The summed E-state index contributed by atoms with van der Waals surface area (Å²) in [6.07, 6.45) is -15.3. The Morgan fingerprint density at radius 1 is 0.652 bits per heavy atom. The van der Waals surface area contributed by atoms with Gasteiger partial charge in [0.1, 0.15) is 48.8 Å². The van der Waals surface area contributed by atoms with Crippen LogP contribution in [0.4, 0.5) is 0 Å². The van der Waals surface area contributed by atoms with Gasteiger partial charge in [-0.1, -0.05) is 0 Å². The lowest BCUT2D eigenvalue weighted by molar-refractivity contribution is -0.325. The summed E-state index contributed by atoms with van der Waals surface area (Å²) in [4.78, 5) is 0. The number of aliphatic hydroxyl groups is 8. The summed E-state index contributed by atoms with van der Waals surface area (Å²) >= 11 is 0. The van der Waals surface area contributed by atoms with Crippen molar-refractivity contribution in [1.82, 2.24) is 0 Å². The summed E-state index contributed by atoms with van der Waals surface area (Å²) in [6, 6.07) is 0. The van der Waals surface area contributed by atoms with Crippen molar-refractivity contribution in [2.45, 2.75) is 61.4 Å².